The van der Waals surface area contributed by atoms with Gasteiger partial charge in [0.1, 0.15) is 0 Å². The molecule has 0 unspecified atom stereocenters. The van der Waals surface area contributed by atoms with E-state index in [1.54, 1.807) is 32.1 Å². The molecule has 2 nitrogen and oxygen atoms in total. The summed E-state index contributed by atoms with van der Waals surface area (Å²) in [5.74, 6) is 4.21. The minimum Gasteiger partial charge on any atom is -0.308 e. The molecule has 0 atom stereocenters. The second kappa shape index (κ2) is 4.73. The first kappa shape index (κ1) is 12.6. The maximum absolute atomic E-state index is 4.04. The molecule has 19 heavy (non-hydrogen) atoms. The second-order valence-corrected chi connectivity index (χ2v) is 7.90. The summed E-state index contributed by atoms with van der Waals surface area (Å²) in [4.78, 5) is 2.78. The van der Waals surface area contributed by atoms with Crippen LogP contribution in [0.25, 0.3) is 0 Å². The van der Waals surface area contributed by atoms with Gasteiger partial charge in [-0.25, -0.2) is 0 Å². The number of hydrogen-bond acceptors (Lipinski definition) is 2. The van der Waals surface area contributed by atoms with Crippen molar-refractivity contribution in [2.45, 2.75) is 57.4 Å². The summed E-state index contributed by atoms with van der Waals surface area (Å²) < 4.78 is 0. The van der Waals surface area contributed by atoms with E-state index in [0.717, 1.165) is 23.7 Å². The van der Waals surface area contributed by atoms with Crippen LogP contribution in [0.2, 0.25) is 0 Å². The fourth-order valence-electron chi connectivity index (χ4n) is 6.10. The van der Waals surface area contributed by atoms with E-state index in [9.17, 15) is 0 Å². The lowest BCUT2D eigenvalue weighted by Crippen LogP contribution is -2.72. The lowest BCUT2D eigenvalue weighted by atomic mass is 9.48. The molecular weight excluding hydrogens is 232 g/mol. The van der Waals surface area contributed by atoms with E-state index in [1.807, 2.05) is 0 Å². The molecule has 5 fully saturated rings. The van der Waals surface area contributed by atoms with E-state index >= 15 is 0 Å². The largest absolute Gasteiger partial charge is 0.308 e. The Morgan fingerprint density at radius 1 is 1.05 bits per heavy atom. The van der Waals surface area contributed by atoms with Gasteiger partial charge in [-0.3, -0.25) is 0 Å². The van der Waals surface area contributed by atoms with E-state index in [4.69, 9.17) is 0 Å². The highest BCUT2D eigenvalue weighted by atomic mass is 15.2. The van der Waals surface area contributed by atoms with E-state index in [-0.39, 0.29) is 0 Å². The van der Waals surface area contributed by atoms with Gasteiger partial charge in [0.15, 0.2) is 0 Å². The van der Waals surface area contributed by atoms with Crippen LogP contribution >= 0.6 is 0 Å². The number of hydrogen-bond donors (Lipinski definition) is 1. The third-order valence-corrected chi connectivity index (χ3v) is 6.79. The van der Waals surface area contributed by atoms with Crippen molar-refractivity contribution in [2.75, 3.05) is 26.2 Å². The fraction of sp³-hybridized carbons (Fsp3) is 1.00. The molecule has 108 valence electrons. The summed E-state index contributed by atoms with van der Waals surface area (Å²) >= 11 is 0. The van der Waals surface area contributed by atoms with Crippen molar-refractivity contribution < 1.29 is 0 Å². The maximum atomic E-state index is 4.04. The highest BCUT2D eigenvalue weighted by molar-refractivity contribution is 5.13. The van der Waals surface area contributed by atoms with Crippen molar-refractivity contribution in [1.29, 1.82) is 0 Å². The van der Waals surface area contributed by atoms with Crippen molar-refractivity contribution in [3.63, 3.8) is 0 Å². The Bertz CT molecular complexity index is 310. The summed E-state index contributed by atoms with van der Waals surface area (Å²) in [7, 11) is 0. The molecular formula is C17H30N2. The molecule has 1 saturated heterocycles. The van der Waals surface area contributed by atoms with Crippen LogP contribution in [-0.2, 0) is 0 Å². The van der Waals surface area contributed by atoms with Crippen molar-refractivity contribution >= 4 is 0 Å². The Balaban J connectivity index is 1.52. The van der Waals surface area contributed by atoms with Crippen LogP contribution in [0.4, 0.5) is 0 Å². The summed E-state index contributed by atoms with van der Waals surface area (Å²) in [6, 6.07) is 0. The van der Waals surface area contributed by atoms with Crippen LogP contribution in [0.1, 0.15) is 51.9 Å². The molecule has 5 aliphatic rings. The van der Waals surface area contributed by atoms with E-state index < -0.39 is 0 Å². The first-order chi connectivity index (χ1) is 9.30. The first-order valence-corrected chi connectivity index (χ1v) is 8.77. The molecule has 5 rings (SSSR count). The SMILES string of the molecule is CCCCN1CCNC2(C1)C1CC3CC(C1)CC2C3. The molecule has 1 spiro atoms. The van der Waals surface area contributed by atoms with Crippen LogP contribution in [-0.4, -0.2) is 36.6 Å². The van der Waals surface area contributed by atoms with E-state index in [2.05, 4.69) is 17.1 Å². The number of nitrogens with zero attached hydrogens (tertiary/aromatic N) is 1. The predicted octanol–water partition coefficient (Wildman–Crippen LogP) is 2.89. The number of unbranched alkanes of at least 4 members (excludes halogenated alkanes) is 1. The van der Waals surface area contributed by atoms with Gasteiger partial charge in [-0.2, -0.15) is 0 Å². The van der Waals surface area contributed by atoms with Crippen LogP contribution in [0.15, 0.2) is 0 Å². The first-order valence-electron chi connectivity index (χ1n) is 8.77. The molecule has 0 radical (unpaired) electrons. The fourth-order valence-corrected chi connectivity index (χ4v) is 6.10. The molecule has 4 bridgehead atoms. The van der Waals surface area contributed by atoms with Crippen molar-refractivity contribution in [3.05, 3.63) is 0 Å². The highest BCUT2D eigenvalue weighted by Gasteiger charge is 2.57. The van der Waals surface area contributed by atoms with Gasteiger partial charge in [0, 0.05) is 25.2 Å². The molecule has 0 aromatic rings. The standard InChI is InChI=1S/C17H30N2/c1-2-3-5-19-6-4-18-17(12-19)15-8-13-7-14(10-15)11-16(17)9-13/h13-16,18H,2-12H2,1H3. The zero-order valence-corrected chi connectivity index (χ0v) is 12.5. The number of piperazine rings is 1. The van der Waals surface area contributed by atoms with Crippen LogP contribution in [0.3, 0.4) is 0 Å². The quantitative estimate of drug-likeness (QED) is 0.841. The van der Waals surface area contributed by atoms with E-state index in [0.29, 0.717) is 5.54 Å². The van der Waals surface area contributed by atoms with Gasteiger partial charge in [-0.15, -0.1) is 0 Å². The van der Waals surface area contributed by atoms with Gasteiger partial charge < -0.3 is 10.2 Å². The highest BCUT2D eigenvalue weighted by Crippen LogP contribution is 2.58. The minimum absolute atomic E-state index is 0.527. The van der Waals surface area contributed by atoms with Gasteiger partial charge in [-0.05, 0) is 68.7 Å². The van der Waals surface area contributed by atoms with Crippen LogP contribution < -0.4 is 5.32 Å². The maximum Gasteiger partial charge on any atom is 0.0366 e. The minimum atomic E-state index is 0.527. The Labute approximate surface area is 118 Å². The predicted molar refractivity (Wildman–Crippen MR) is 79.1 cm³/mol. The Kier molecular flexibility index (Phi) is 3.15. The molecule has 4 aliphatic carbocycles. The van der Waals surface area contributed by atoms with Gasteiger partial charge in [-0.1, -0.05) is 13.3 Å². The Morgan fingerprint density at radius 2 is 1.74 bits per heavy atom. The lowest BCUT2D eigenvalue weighted by Gasteiger charge is -2.64. The van der Waals surface area contributed by atoms with Gasteiger partial charge in [0.2, 0.25) is 0 Å². The van der Waals surface area contributed by atoms with Gasteiger partial charge in [0.05, 0.1) is 0 Å². The third-order valence-electron chi connectivity index (χ3n) is 6.79. The number of nitrogens with one attached hydrogen (secondary N) is 1. The van der Waals surface area contributed by atoms with Crippen LogP contribution in [0.5, 0.6) is 0 Å². The molecule has 1 N–H and O–H groups in total. The zero-order chi connectivity index (χ0) is 12.9. The second-order valence-electron chi connectivity index (χ2n) is 7.90. The molecule has 0 amide bonds. The van der Waals surface area contributed by atoms with Crippen molar-refractivity contribution in [3.8, 4) is 0 Å². The Hall–Kier alpha value is -0.0800. The average molecular weight is 262 g/mol. The summed E-state index contributed by atoms with van der Waals surface area (Å²) in [5, 5.41) is 4.04. The molecule has 4 saturated carbocycles. The molecule has 0 aromatic carbocycles. The lowest BCUT2D eigenvalue weighted by molar-refractivity contribution is -0.0980. The van der Waals surface area contributed by atoms with Crippen molar-refractivity contribution in [1.82, 2.24) is 10.2 Å². The molecule has 1 heterocycles. The van der Waals surface area contributed by atoms with Gasteiger partial charge >= 0.3 is 0 Å². The van der Waals surface area contributed by atoms with Gasteiger partial charge in [0.25, 0.3) is 0 Å². The number of rotatable bonds is 3. The monoisotopic (exact) mass is 262 g/mol. The molecule has 2 heteroatoms. The molecule has 1 aliphatic heterocycles. The van der Waals surface area contributed by atoms with Crippen molar-refractivity contribution in [2.24, 2.45) is 23.7 Å². The van der Waals surface area contributed by atoms with E-state index in [1.165, 1.54) is 39.0 Å². The normalized spacial score (nSPS) is 49.1. The average Bonchev–Trinajstić information content (AvgIpc) is 2.42. The van der Waals surface area contributed by atoms with Crippen LogP contribution in [0, 0.1) is 23.7 Å². The molecule has 0 aromatic heterocycles. The summed E-state index contributed by atoms with van der Waals surface area (Å²) in [6.07, 6.45) is 10.5. The summed E-state index contributed by atoms with van der Waals surface area (Å²) in [6.45, 7) is 7.55. The topological polar surface area (TPSA) is 15.3 Å². The smallest absolute Gasteiger partial charge is 0.0366 e. The Morgan fingerprint density at radius 3 is 2.37 bits per heavy atom. The zero-order valence-electron chi connectivity index (χ0n) is 12.5. The third kappa shape index (κ3) is 1.98. The summed E-state index contributed by atoms with van der Waals surface area (Å²) in [5.41, 5.74) is 0.527.